The van der Waals surface area contributed by atoms with Gasteiger partial charge in [0.2, 0.25) is 5.88 Å². The Morgan fingerprint density at radius 2 is 2.15 bits per heavy atom. The molecule has 1 aromatic carbocycles. The molecular formula is C22H27NO4. The monoisotopic (exact) mass is 369 g/mol. The predicted octanol–water partition coefficient (Wildman–Crippen LogP) is 4.57. The van der Waals surface area contributed by atoms with Gasteiger partial charge in [0.1, 0.15) is 5.75 Å². The number of benzene rings is 1. The van der Waals surface area contributed by atoms with Gasteiger partial charge in [0.15, 0.2) is 0 Å². The highest BCUT2D eigenvalue weighted by atomic mass is 16.5. The van der Waals surface area contributed by atoms with Gasteiger partial charge in [0.05, 0.1) is 25.0 Å². The Kier molecular flexibility index (Phi) is 6.69. The van der Waals surface area contributed by atoms with Crippen molar-refractivity contribution in [3.8, 4) is 22.9 Å². The zero-order valence-electron chi connectivity index (χ0n) is 16.1. The molecule has 1 unspecified atom stereocenters. The first-order chi connectivity index (χ1) is 13.2. The summed E-state index contributed by atoms with van der Waals surface area (Å²) in [5.41, 5.74) is 3.14. The summed E-state index contributed by atoms with van der Waals surface area (Å²) < 4.78 is 16.7. The summed E-state index contributed by atoms with van der Waals surface area (Å²) in [5.74, 6) is 1.40. The average molecular weight is 369 g/mol. The van der Waals surface area contributed by atoms with Crippen molar-refractivity contribution in [3.63, 3.8) is 0 Å². The molecule has 27 heavy (non-hydrogen) atoms. The molecule has 0 saturated carbocycles. The third-order valence-corrected chi connectivity index (χ3v) is 4.54. The molecule has 1 aliphatic rings. The van der Waals surface area contributed by atoms with Gasteiger partial charge < -0.3 is 14.2 Å². The highest BCUT2D eigenvalue weighted by Gasteiger charge is 2.21. The molecule has 0 N–H and O–H groups in total. The van der Waals surface area contributed by atoms with Crippen LogP contribution in [0.25, 0.3) is 11.3 Å². The second kappa shape index (κ2) is 9.40. The first-order valence-corrected chi connectivity index (χ1v) is 9.75. The van der Waals surface area contributed by atoms with Crippen LogP contribution in [0.1, 0.15) is 45.1 Å². The standard InChI is InChI=1S/C22H27NO4/c1-3-14-26-21-7-5-6-19(23-21)16-9-12-20-17(15-16)8-10-18(27-20)11-13-22(24)25-4-2/h5-7,9,12,15,18H,3-4,8,10-11,13-14H2,1-2H3. The Balaban J connectivity index is 1.66. The number of hydrogen-bond donors (Lipinski definition) is 0. The minimum atomic E-state index is -0.154. The van der Waals surface area contributed by atoms with E-state index in [0.717, 1.165) is 36.3 Å². The summed E-state index contributed by atoms with van der Waals surface area (Å²) in [7, 11) is 0. The first kappa shape index (κ1) is 19.2. The largest absolute Gasteiger partial charge is 0.490 e. The maximum atomic E-state index is 11.5. The fourth-order valence-electron chi connectivity index (χ4n) is 3.18. The highest BCUT2D eigenvalue weighted by molar-refractivity contribution is 5.69. The summed E-state index contributed by atoms with van der Waals surface area (Å²) in [6.07, 6.45) is 3.96. The molecule has 1 atom stereocenters. The van der Waals surface area contributed by atoms with Crippen molar-refractivity contribution in [2.24, 2.45) is 0 Å². The highest BCUT2D eigenvalue weighted by Crippen LogP contribution is 2.33. The summed E-state index contributed by atoms with van der Waals surface area (Å²) in [4.78, 5) is 16.1. The topological polar surface area (TPSA) is 57.7 Å². The Hall–Kier alpha value is -2.56. The lowest BCUT2D eigenvalue weighted by Crippen LogP contribution is -2.24. The lowest BCUT2D eigenvalue weighted by Gasteiger charge is -2.26. The maximum absolute atomic E-state index is 11.5. The number of carbonyl (C=O) groups is 1. The van der Waals surface area contributed by atoms with Crippen molar-refractivity contribution < 1.29 is 19.0 Å². The number of aromatic nitrogens is 1. The van der Waals surface area contributed by atoms with Crippen molar-refractivity contribution in [1.82, 2.24) is 4.98 Å². The normalized spacial score (nSPS) is 15.6. The van der Waals surface area contributed by atoms with Crippen LogP contribution in [0.4, 0.5) is 0 Å². The van der Waals surface area contributed by atoms with E-state index in [9.17, 15) is 4.79 Å². The molecule has 0 amide bonds. The molecule has 5 nitrogen and oxygen atoms in total. The smallest absolute Gasteiger partial charge is 0.305 e. The number of fused-ring (bicyclic) bond motifs is 1. The molecule has 0 saturated heterocycles. The second-order valence-corrected chi connectivity index (χ2v) is 6.65. The Bertz CT molecular complexity index is 775. The molecule has 5 heteroatoms. The Morgan fingerprint density at radius 3 is 2.96 bits per heavy atom. The van der Waals surface area contributed by atoms with Gasteiger partial charge in [0.25, 0.3) is 0 Å². The summed E-state index contributed by atoms with van der Waals surface area (Å²) in [5, 5.41) is 0. The van der Waals surface area contributed by atoms with E-state index in [-0.39, 0.29) is 12.1 Å². The van der Waals surface area contributed by atoms with Crippen LogP contribution in [0.3, 0.4) is 0 Å². The van der Waals surface area contributed by atoms with Crippen molar-refractivity contribution in [1.29, 1.82) is 0 Å². The van der Waals surface area contributed by atoms with Crippen molar-refractivity contribution in [3.05, 3.63) is 42.0 Å². The van der Waals surface area contributed by atoms with Crippen molar-refractivity contribution in [2.75, 3.05) is 13.2 Å². The minimum absolute atomic E-state index is 0.0663. The number of hydrogen-bond acceptors (Lipinski definition) is 5. The van der Waals surface area contributed by atoms with Gasteiger partial charge in [-0.05, 0) is 62.4 Å². The summed E-state index contributed by atoms with van der Waals surface area (Å²) >= 11 is 0. The zero-order chi connectivity index (χ0) is 19.1. The average Bonchev–Trinajstić information content (AvgIpc) is 2.70. The van der Waals surface area contributed by atoms with Crippen LogP contribution in [0, 0.1) is 0 Å². The molecule has 2 aromatic rings. The molecule has 144 valence electrons. The molecular weight excluding hydrogens is 342 g/mol. The summed E-state index contributed by atoms with van der Waals surface area (Å²) in [6, 6.07) is 12.0. The molecule has 3 rings (SSSR count). The number of aryl methyl sites for hydroxylation is 1. The van der Waals surface area contributed by atoms with E-state index in [1.807, 2.05) is 37.3 Å². The van der Waals surface area contributed by atoms with Crippen LogP contribution < -0.4 is 9.47 Å². The van der Waals surface area contributed by atoms with Crippen LogP contribution >= 0.6 is 0 Å². The Labute approximate surface area is 160 Å². The molecule has 0 spiro atoms. The van der Waals surface area contributed by atoms with Crippen LogP contribution in [0.15, 0.2) is 36.4 Å². The van der Waals surface area contributed by atoms with Crippen molar-refractivity contribution in [2.45, 2.75) is 52.1 Å². The molecule has 1 aliphatic heterocycles. The van der Waals surface area contributed by atoms with Crippen LogP contribution in [0.5, 0.6) is 11.6 Å². The van der Waals surface area contributed by atoms with Gasteiger partial charge in [0, 0.05) is 18.1 Å². The van der Waals surface area contributed by atoms with E-state index in [1.165, 1.54) is 5.56 Å². The maximum Gasteiger partial charge on any atom is 0.305 e. The molecule has 0 aliphatic carbocycles. The SMILES string of the molecule is CCCOc1cccc(-c2ccc3c(c2)CCC(CCC(=O)OCC)O3)n1. The Morgan fingerprint density at radius 1 is 1.26 bits per heavy atom. The molecule has 0 bridgehead atoms. The van der Waals surface area contributed by atoms with E-state index in [4.69, 9.17) is 14.2 Å². The number of rotatable bonds is 8. The molecule has 0 fully saturated rings. The number of nitrogens with zero attached hydrogens (tertiary/aromatic N) is 1. The van der Waals surface area contributed by atoms with Gasteiger partial charge in [-0.25, -0.2) is 4.98 Å². The summed E-state index contributed by atoms with van der Waals surface area (Å²) in [6.45, 7) is 4.99. The molecule has 1 aromatic heterocycles. The molecule has 0 radical (unpaired) electrons. The number of esters is 1. The fraction of sp³-hybridized carbons (Fsp3) is 0.455. The van der Waals surface area contributed by atoms with E-state index < -0.39 is 0 Å². The van der Waals surface area contributed by atoms with Crippen molar-refractivity contribution >= 4 is 5.97 Å². The van der Waals surface area contributed by atoms with Gasteiger partial charge in [-0.2, -0.15) is 0 Å². The minimum Gasteiger partial charge on any atom is -0.490 e. The van der Waals surface area contributed by atoms with E-state index >= 15 is 0 Å². The van der Waals surface area contributed by atoms with Gasteiger partial charge >= 0.3 is 5.97 Å². The zero-order valence-corrected chi connectivity index (χ0v) is 16.1. The van der Waals surface area contributed by atoms with Crippen LogP contribution in [-0.4, -0.2) is 30.3 Å². The third kappa shape index (κ3) is 5.22. The van der Waals surface area contributed by atoms with Crippen LogP contribution in [-0.2, 0) is 16.0 Å². The first-order valence-electron chi connectivity index (χ1n) is 9.75. The third-order valence-electron chi connectivity index (χ3n) is 4.54. The number of pyridine rings is 1. The van der Waals surface area contributed by atoms with E-state index in [1.54, 1.807) is 0 Å². The number of carbonyl (C=O) groups excluding carboxylic acids is 1. The van der Waals surface area contributed by atoms with Gasteiger partial charge in [-0.15, -0.1) is 0 Å². The number of ether oxygens (including phenoxy) is 3. The van der Waals surface area contributed by atoms with Gasteiger partial charge in [-0.1, -0.05) is 13.0 Å². The van der Waals surface area contributed by atoms with E-state index in [2.05, 4.69) is 18.0 Å². The second-order valence-electron chi connectivity index (χ2n) is 6.65. The quantitative estimate of drug-likeness (QED) is 0.638. The lowest BCUT2D eigenvalue weighted by molar-refractivity contribution is -0.143. The van der Waals surface area contributed by atoms with Gasteiger partial charge in [-0.3, -0.25) is 4.79 Å². The molecule has 2 heterocycles. The van der Waals surface area contributed by atoms with Crippen LogP contribution in [0.2, 0.25) is 0 Å². The lowest BCUT2D eigenvalue weighted by atomic mass is 9.97. The van der Waals surface area contributed by atoms with E-state index in [0.29, 0.717) is 31.9 Å². The fourth-order valence-corrected chi connectivity index (χ4v) is 3.18. The predicted molar refractivity (Wildman–Crippen MR) is 104 cm³/mol.